The Morgan fingerprint density at radius 3 is 2.53 bits per heavy atom. The Hall–Kier alpha value is -0.990. The first-order valence-corrected chi connectivity index (χ1v) is 6.85. The van der Waals surface area contributed by atoms with Gasteiger partial charge in [-0.1, -0.05) is 17.7 Å². The van der Waals surface area contributed by atoms with E-state index in [9.17, 15) is 0 Å². The molecule has 1 nitrogen and oxygen atoms in total. The molecule has 0 aliphatic rings. The van der Waals surface area contributed by atoms with Crippen molar-refractivity contribution < 1.29 is 0 Å². The highest BCUT2D eigenvalue weighted by molar-refractivity contribution is 7.12. The molecule has 0 bridgehead atoms. The first-order valence-electron chi connectivity index (χ1n) is 5.65. The molecule has 0 fully saturated rings. The topological polar surface area (TPSA) is 12.0 Å². The zero-order valence-corrected chi connectivity index (χ0v) is 11.8. The fraction of sp³-hybridized carbons (Fsp3) is 0.286. The standard InChI is InChI=1S/C14H16ClNS/c1-9-4-6-12(8-13(9)15)16-11(3)14-7-5-10(2)17-14/h4-8,11,16H,1-3H3. The summed E-state index contributed by atoms with van der Waals surface area (Å²) in [6.07, 6.45) is 0. The van der Waals surface area contributed by atoms with Crippen LogP contribution in [0.3, 0.4) is 0 Å². The number of halogens is 1. The maximum atomic E-state index is 6.11. The minimum Gasteiger partial charge on any atom is -0.378 e. The Balaban J connectivity index is 2.12. The number of rotatable bonds is 3. The molecule has 0 saturated heterocycles. The summed E-state index contributed by atoms with van der Waals surface area (Å²) in [4.78, 5) is 2.69. The molecule has 2 aromatic rings. The molecule has 1 aromatic carbocycles. The van der Waals surface area contributed by atoms with Crippen LogP contribution in [0.5, 0.6) is 0 Å². The Labute approximate surface area is 111 Å². The molecule has 0 radical (unpaired) electrons. The molecular formula is C14H16ClNS. The van der Waals surface area contributed by atoms with Crippen molar-refractivity contribution in [3.05, 3.63) is 50.7 Å². The number of benzene rings is 1. The van der Waals surface area contributed by atoms with Crippen molar-refractivity contribution in [2.24, 2.45) is 0 Å². The fourth-order valence-electron chi connectivity index (χ4n) is 1.69. The molecule has 0 aliphatic carbocycles. The van der Waals surface area contributed by atoms with E-state index in [2.05, 4.69) is 37.4 Å². The van der Waals surface area contributed by atoms with Gasteiger partial charge in [0.1, 0.15) is 0 Å². The molecule has 3 heteroatoms. The van der Waals surface area contributed by atoms with Crippen molar-refractivity contribution in [1.29, 1.82) is 0 Å². The first-order chi connectivity index (χ1) is 8.06. The quantitative estimate of drug-likeness (QED) is 0.805. The van der Waals surface area contributed by atoms with E-state index in [1.54, 1.807) is 0 Å². The molecule has 1 heterocycles. The van der Waals surface area contributed by atoms with Crippen LogP contribution in [0.25, 0.3) is 0 Å². The van der Waals surface area contributed by atoms with E-state index in [4.69, 9.17) is 11.6 Å². The number of anilines is 1. The highest BCUT2D eigenvalue weighted by Crippen LogP contribution is 2.27. The Morgan fingerprint density at radius 2 is 1.94 bits per heavy atom. The first kappa shape index (κ1) is 12.5. The molecule has 0 saturated carbocycles. The molecule has 17 heavy (non-hydrogen) atoms. The van der Waals surface area contributed by atoms with Gasteiger partial charge in [0.05, 0.1) is 6.04 Å². The highest BCUT2D eigenvalue weighted by atomic mass is 35.5. The van der Waals surface area contributed by atoms with Crippen molar-refractivity contribution in [2.75, 3.05) is 5.32 Å². The smallest absolute Gasteiger partial charge is 0.0578 e. The van der Waals surface area contributed by atoms with Crippen molar-refractivity contribution in [2.45, 2.75) is 26.8 Å². The van der Waals surface area contributed by atoms with E-state index >= 15 is 0 Å². The van der Waals surface area contributed by atoms with Crippen LogP contribution in [0.15, 0.2) is 30.3 Å². The molecule has 0 spiro atoms. The van der Waals surface area contributed by atoms with Gasteiger partial charge in [-0.2, -0.15) is 0 Å². The lowest BCUT2D eigenvalue weighted by Gasteiger charge is -2.14. The van der Waals surface area contributed by atoms with Crippen molar-refractivity contribution in [3.63, 3.8) is 0 Å². The molecule has 1 unspecified atom stereocenters. The Bertz CT molecular complexity index is 519. The summed E-state index contributed by atoms with van der Waals surface area (Å²) in [6, 6.07) is 10.7. The van der Waals surface area contributed by atoms with E-state index in [0.29, 0.717) is 6.04 Å². The van der Waals surface area contributed by atoms with Crippen molar-refractivity contribution in [3.8, 4) is 0 Å². The molecular weight excluding hydrogens is 250 g/mol. The summed E-state index contributed by atoms with van der Waals surface area (Å²) in [5.74, 6) is 0. The minimum absolute atomic E-state index is 0.312. The average Bonchev–Trinajstić information content (AvgIpc) is 2.70. The highest BCUT2D eigenvalue weighted by Gasteiger charge is 2.08. The minimum atomic E-state index is 0.312. The zero-order chi connectivity index (χ0) is 12.4. The summed E-state index contributed by atoms with van der Waals surface area (Å²) in [7, 11) is 0. The van der Waals surface area contributed by atoms with Gasteiger partial charge in [-0.3, -0.25) is 0 Å². The average molecular weight is 266 g/mol. The molecule has 1 atom stereocenters. The maximum absolute atomic E-state index is 6.11. The SMILES string of the molecule is Cc1ccc(C(C)Nc2ccc(C)c(Cl)c2)s1. The molecule has 1 aromatic heterocycles. The van der Waals surface area contributed by atoms with Crippen LogP contribution in [-0.2, 0) is 0 Å². The van der Waals surface area contributed by atoms with Crippen LogP contribution >= 0.6 is 22.9 Å². The second kappa shape index (κ2) is 5.11. The van der Waals surface area contributed by atoms with E-state index in [0.717, 1.165) is 16.3 Å². The largest absolute Gasteiger partial charge is 0.378 e. The number of thiophene rings is 1. The number of hydrogen-bond acceptors (Lipinski definition) is 2. The molecule has 90 valence electrons. The lowest BCUT2D eigenvalue weighted by atomic mass is 10.2. The van der Waals surface area contributed by atoms with Gasteiger partial charge in [0.2, 0.25) is 0 Å². The predicted octanol–water partition coefficient (Wildman–Crippen LogP) is 5.19. The summed E-state index contributed by atoms with van der Waals surface area (Å²) in [5, 5.41) is 4.28. The van der Waals surface area contributed by atoms with Gasteiger partial charge in [0.25, 0.3) is 0 Å². The van der Waals surface area contributed by atoms with E-state index in [-0.39, 0.29) is 0 Å². The molecule has 0 aliphatic heterocycles. The van der Waals surface area contributed by atoms with Gasteiger partial charge in [0.15, 0.2) is 0 Å². The van der Waals surface area contributed by atoms with Gasteiger partial charge in [-0.25, -0.2) is 0 Å². The molecule has 1 N–H and O–H groups in total. The number of hydrogen-bond donors (Lipinski definition) is 1. The van der Waals surface area contributed by atoms with Gasteiger partial charge < -0.3 is 5.32 Å². The van der Waals surface area contributed by atoms with Crippen molar-refractivity contribution >= 4 is 28.6 Å². The second-order valence-corrected chi connectivity index (χ2v) is 6.01. The third-order valence-corrected chi connectivity index (χ3v) is 4.33. The second-order valence-electron chi connectivity index (χ2n) is 4.28. The van der Waals surface area contributed by atoms with E-state index < -0.39 is 0 Å². The third kappa shape index (κ3) is 3.02. The monoisotopic (exact) mass is 265 g/mol. The lowest BCUT2D eigenvalue weighted by molar-refractivity contribution is 0.908. The van der Waals surface area contributed by atoms with Gasteiger partial charge in [-0.15, -0.1) is 11.3 Å². The zero-order valence-electron chi connectivity index (χ0n) is 10.3. The van der Waals surface area contributed by atoms with Gasteiger partial charge in [0, 0.05) is 20.5 Å². The summed E-state index contributed by atoms with van der Waals surface area (Å²) in [5.41, 5.74) is 2.18. The fourth-order valence-corrected chi connectivity index (χ4v) is 2.75. The van der Waals surface area contributed by atoms with Crippen LogP contribution in [-0.4, -0.2) is 0 Å². The van der Waals surface area contributed by atoms with Gasteiger partial charge >= 0.3 is 0 Å². The summed E-state index contributed by atoms with van der Waals surface area (Å²) >= 11 is 7.94. The van der Waals surface area contributed by atoms with Gasteiger partial charge in [-0.05, 0) is 50.6 Å². The molecule has 2 rings (SSSR count). The van der Waals surface area contributed by atoms with Crippen molar-refractivity contribution in [1.82, 2.24) is 0 Å². The third-order valence-electron chi connectivity index (χ3n) is 2.74. The van der Waals surface area contributed by atoms with E-state index in [1.807, 2.05) is 30.4 Å². The predicted molar refractivity (Wildman–Crippen MR) is 77.3 cm³/mol. The maximum Gasteiger partial charge on any atom is 0.0578 e. The number of nitrogens with one attached hydrogen (secondary N) is 1. The van der Waals surface area contributed by atoms with Crippen LogP contribution in [0.2, 0.25) is 5.02 Å². The van der Waals surface area contributed by atoms with Crippen LogP contribution in [0.4, 0.5) is 5.69 Å². The lowest BCUT2D eigenvalue weighted by Crippen LogP contribution is -2.04. The summed E-state index contributed by atoms with van der Waals surface area (Å²) < 4.78 is 0. The number of aryl methyl sites for hydroxylation is 2. The Morgan fingerprint density at radius 1 is 1.18 bits per heavy atom. The molecule has 0 amide bonds. The van der Waals surface area contributed by atoms with E-state index in [1.165, 1.54) is 9.75 Å². The Kier molecular flexibility index (Phi) is 3.75. The van der Waals surface area contributed by atoms with Crippen LogP contribution < -0.4 is 5.32 Å². The van der Waals surface area contributed by atoms with Crippen LogP contribution in [0, 0.1) is 13.8 Å². The van der Waals surface area contributed by atoms with Crippen LogP contribution in [0.1, 0.15) is 28.3 Å². The normalized spacial score (nSPS) is 12.5. The summed E-state index contributed by atoms with van der Waals surface area (Å²) in [6.45, 7) is 6.31.